The van der Waals surface area contributed by atoms with Gasteiger partial charge in [0.25, 0.3) is 0 Å². The number of benzene rings is 1. The second-order valence-electron chi connectivity index (χ2n) is 4.62. The van der Waals surface area contributed by atoms with Gasteiger partial charge in [0.1, 0.15) is 0 Å². The van der Waals surface area contributed by atoms with Gasteiger partial charge in [0.15, 0.2) is 0 Å². The standard InChI is InChI=1S/C15H23N3O3/c1-12(15(20)18-13-6-4-3-5-7-13)16-9-8-14(19)17-10-11-21-2/h3-7,12,16H,8-11H2,1-2H3,(H,17,19)(H,18,20). The molecule has 0 fully saturated rings. The van der Waals surface area contributed by atoms with Crippen LogP contribution in [0.1, 0.15) is 13.3 Å². The summed E-state index contributed by atoms with van der Waals surface area (Å²) in [6.45, 7) is 3.21. The van der Waals surface area contributed by atoms with E-state index in [-0.39, 0.29) is 17.9 Å². The molecule has 2 amide bonds. The number of carbonyl (C=O) groups is 2. The molecule has 0 aliphatic heterocycles. The van der Waals surface area contributed by atoms with Crippen LogP contribution in [0, 0.1) is 0 Å². The summed E-state index contributed by atoms with van der Waals surface area (Å²) in [5.41, 5.74) is 0.758. The van der Waals surface area contributed by atoms with E-state index in [9.17, 15) is 9.59 Å². The zero-order valence-electron chi connectivity index (χ0n) is 12.5. The van der Waals surface area contributed by atoms with Gasteiger partial charge in [-0.15, -0.1) is 0 Å². The molecule has 0 aromatic heterocycles. The number of para-hydroxylation sites is 1. The number of methoxy groups -OCH3 is 1. The van der Waals surface area contributed by atoms with Crippen LogP contribution in [-0.2, 0) is 14.3 Å². The van der Waals surface area contributed by atoms with Crippen molar-refractivity contribution in [2.24, 2.45) is 0 Å². The van der Waals surface area contributed by atoms with Crippen molar-refractivity contribution >= 4 is 17.5 Å². The van der Waals surface area contributed by atoms with Gasteiger partial charge >= 0.3 is 0 Å². The molecule has 1 rings (SSSR count). The first-order valence-corrected chi connectivity index (χ1v) is 6.98. The van der Waals surface area contributed by atoms with Gasteiger partial charge in [-0.3, -0.25) is 9.59 Å². The van der Waals surface area contributed by atoms with Crippen LogP contribution in [0.2, 0.25) is 0 Å². The molecule has 3 N–H and O–H groups in total. The Morgan fingerprint density at radius 3 is 2.57 bits per heavy atom. The van der Waals surface area contributed by atoms with Gasteiger partial charge < -0.3 is 20.7 Å². The number of nitrogens with one attached hydrogen (secondary N) is 3. The Labute approximate surface area is 125 Å². The predicted molar refractivity (Wildman–Crippen MR) is 82.0 cm³/mol. The minimum Gasteiger partial charge on any atom is -0.383 e. The lowest BCUT2D eigenvalue weighted by atomic mass is 10.2. The summed E-state index contributed by atoms with van der Waals surface area (Å²) in [5, 5.41) is 8.54. The van der Waals surface area contributed by atoms with E-state index in [1.165, 1.54) is 0 Å². The van der Waals surface area contributed by atoms with E-state index < -0.39 is 0 Å². The van der Waals surface area contributed by atoms with Gasteiger partial charge in [0, 0.05) is 32.3 Å². The van der Waals surface area contributed by atoms with Crippen LogP contribution in [0.4, 0.5) is 5.69 Å². The summed E-state index contributed by atoms with van der Waals surface area (Å²) >= 11 is 0. The lowest BCUT2D eigenvalue weighted by molar-refractivity contribution is -0.122. The molecule has 116 valence electrons. The maximum atomic E-state index is 11.9. The van der Waals surface area contributed by atoms with Gasteiger partial charge in [-0.1, -0.05) is 18.2 Å². The maximum absolute atomic E-state index is 11.9. The molecule has 1 aromatic rings. The fraction of sp³-hybridized carbons (Fsp3) is 0.467. The quantitative estimate of drug-likeness (QED) is 0.587. The predicted octanol–water partition coefficient (Wildman–Crippen LogP) is 0.756. The van der Waals surface area contributed by atoms with Crippen molar-refractivity contribution in [2.75, 3.05) is 32.1 Å². The molecule has 0 bridgehead atoms. The molecule has 1 aromatic carbocycles. The van der Waals surface area contributed by atoms with Crippen LogP contribution >= 0.6 is 0 Å². The van der Waals surface area contributed by atoms with Gasteiger partial charge in [0.05, 0.1) is 12.6 Å². The first kappa shape index (κ1) is 17.1. The first-order chi connectivity index (χ1) is 10.1. The number of hydrogen-bond donors (Lipinski definition) is 3. The summed E-state index contributed by atoms with van der Waals surface area (Å²) in [5.74, 6) is -0.184. The topological polar surface area (TPSA) is 79.5 Å². The third-order valence-electron chi connectivity index (χ3n) is 2.87. The lowest BCUT2D eigenvalue weighted by Gasteiger charge is -2.14. The molecular formula is C15H23N3O3. The van der Waals surface area contributed by atoms with Gasteiger partial charge in [-0.25, -0.2) is 0 Å². The highest BCUT2D eigenvalue weighted by molar-refractivity contribution is 5.94. The molecule has 0 radical (unpaired) electrons. The van der Waals surface area contributed by atoms with Crippen LogP contribution in [0.25, 0.3) is 0 Å². The summed E-state index contributed by atoms with van der Waals surface area (Å²) < 4.78 is 4.84. The Morgan fingerprint density at radius 2 is 1.90 bits per heavy atom. The van der Waals surface area contributed by atoms with Crippen LogP contribution in [0.15, 0.2) is 30.3 Å². The van der Waals surface area contributed by atoms with E-state index in [0.29, 0.717) is 26.1 Å². The molecule has 6 nitrogen and oxygen atoms in total. The molecular weight excluding hydrogens is 270 g/mol. The van der Waals surface area contributed by atoms with E-state index in [1.54, 1.807) is 14.0 Å². The summed E-state index contributed by atoms with van der Waals surface area (Å²) in [6, 6.07) is 8.90. The van der Waals surface area contributed by atoms with E-state index >= 15 is 0 Å². The van der Waals surface area contributed by atoms with Crippen LogP contribution in [0.5, 0.6) is 0 Å². The highest BCUT2D eigenvalue weighted by Gasteiger charge is 2.12. The largest absolute Gasteiger partial charge is 0.383 e. The highest BCUT2D eigenvalue weighted by Crippen LogP contribution is 2.05. The van der Waals surface area contributed by atoms with E-state index in [2.05, 4.69) is 16.0 Å². The first-order valence-electron chi connectivity index (χ1n) is 6.98. The monoisotopic (exact) mass is 293 g/mol. The summed E-state index contributed by atoms with van der Waals surface area (Å²) in [6.07, 6.45) is 0.326. The second-order valence-corrected chi connectivity index (χ2v) is 4.62. The molecule has 6 heteroatoms. The molecule has 0 aliphatic rings. The molecule has 0 saturated heterocycles. The smallest absolute Gasteiger partial charge is 0.241 e. The molecule has 0 heterocycles. The van der Waals surface area contributed by atoms with Crippen molar-refractivity contribution in [2.45, 2.75) is 19.4 Å². The number of hydrogen-bond acceptors (Lipinski definition) is 4. The Kier molecular flexibility index (Phi) is 8.08. The molecule has 1 atom stereocenters. The third kappa shape index (κ3) is 7.43. The Morgan fingerprint density at radius 1 is 1.19 bits per heavy atom. The fourth-order valence-electron chi connectivity index (χ4n) is 1.65. The zero-order chi connectivity index (χ0) is 15.5. The summed E-state index contributed by atoms with van der Waals surface area (Å²) in [4.78, 5) is 23.4. The number of anilines is 1. The Balaban J connectivity index is 2.19. The fourth-order valence-corrected chi connectivity index (χ4v) is 1.65. The number of rotatable bonds is 9. The van der Waals surface area contributed by atoms with E-state index in [4.69, 9.17) is 4.74 Å². The van der Waals surface area contributed by atoms with E-state index in [0.717, 1.165) is 5.69 Å². The molecule has 0 saturated carbocycles. The van der Waals surface area contributed by atoms with Gasteiger partial charge in [-0.05, 0) is 19.1 Å². The van der Waals surface area contributed by atoms with Gasteiger partial charge in [0.2, 0.25) is 11.8 Å². The Hall–Kier alpha value is -1.92. The number of ether oxygens (including phenoxy) is 1. The SMILES string of the molecule is COCCNC(=O)CCNC(C)C(=O)Nc1ccccc1. The zero-order valence-corrected chi connectivity index (χ0v) is 12.5. The van der Waals surface area contributed by atoms with Crippen LogP contribution in [-0.4, -0.2) is 44.7 Å². The highest BCUT2D eigenvalue weighted by atomic mass is 16.5. The minimum atomic E-state index is -0.364. The van der Waals surface area contributed by atoms with Crippen LogP contribution < -0.4 is 16.0 Å². The van der Waals surface area contributed by atoms with Crippen molar-refractivity contribution in [1.82, 2.24) is 10.6 Å². The molecule has 0 aliphatic carbocycles. The van der Waals surface area contributed by atoms with Crippen molar-refractivity contribution in [3.8, 4) is 0 Å². The van der Waals surface area contributed by atoms with Crippen molar-refractivity contribution in [3.63, 3.8) is 0 Å². The second kappa shape index (κ2) is 9.90. The van der Waals surface area contributed by atoms with Crippen molar-refractivity contribution < 1.29 is 14.3 Å². The van der Waals surface area contributed by atoms with Gasteiger partial charge in [-0.2, -0.15) is 0 Å². The van der Waals surface area contributed by atoms with Crippen molar-refractivity contribution in [1.29, 1.82) is 0 Å². The number of carbonyl (C=O) groups excluding carboxylic acids is 2. The van der Waals surface area contributed by atoms with Crippen molar-refractivity contribution in [3.05, 3.63) is 30.3 Å². The number of amides is 2. The van der Waals surface area contributed by atoms with E-state index in [1.807, 2.05) is 30.3 Å². The third-order valence-corrected chi connectivity index (χ3v) is 2.87. The minimum absolute atomic E-state index is 0.0600. The normalized spacial score (nSPS) is 11.7. The lowest BCUT2D eigenvalue weighted by Crippen LogP contribution is -2.40. The molecule has 0 spiro atoms. The average Bonchev–Trinajstić information content (AvgIpc) is 2.48. The summed E-state index contributed by atoms with van der Waals surface area (Å²) in [7, 11) is 1.58. The maximum Gasteiger partial charge on any atom is 0.241 e. The van der Waals surface area contributed by atoms with Crippen LogP contribution in [0.3, 0.4) is 0 Å². The molecule has 21 heavy (non-hydrogen) atoms. The molecule has 1 unspecified atom stereocenters. The Bertz CT molecular complexity index is 437. The average molecular weight is 293 g/mol.